The second kappa shape index (κ2) is 8.09. The van der Waals surface area contributed by atoms with Crippen molar-refractivity contribution in [2.75, 3.05) is 20.5 Å². The second-order valence-corrected chi connectivity index (χ2v) is 6.45. The van der Waals surface area contributed by atoms with Gasteiger partial charge in [0.15, 0.2) is 17.2 Å². The molecular weight excluding hydrogens is 376 g/mol. The first-order valence-corrected chi connectivity index (χ1v) is 9.02. The Morgan fingerprint density at radius 2 is 1.93 bits per heavy atom. The maximum Gasteiger partial charge on any atom is 0.273 e. The number of rotatable bonds is 7. The molecule has 0 saturated carbocycles. The zero-order valence-electron chi connectivity index (χ0n) is 16.0. The Balaban J connectivity index is 1.32. The van der Waals surface area contributed by atoms with Crippen molar-refractivity contribution in [2.24, 2.45) is 0 Å². The van der Waals surface area contributed by atoms with Crippen molar-refractivity contribution in [2.45, 2.75) is 13.0 Å². The van der Waals surface area contributed by atoms with E-state index >= 15 is 0 Å². The molecule has 4 rings (SSSR count). The smallest absolute Gasteiger partial charge is 0.273 e. The van der Waals surface area contributed by atoms with Crippen molar-refractivity contribution in [1.82, 2.24) is 20.3 Å². The standard InChI is InChI=1S/C20H20N4O5/c1-13(11-27-16-7-8-18-19(9-16)29-12-28-18)21-20(25)17-10-24(23-22-17)14-3-5-15(26-2)6-4-14/h3-10,13H,11-12H2,1-2H3,(H,21,25)/t13-/m1/s1. The van der Waals surface area contributed by atoms with Crippen LogP contribution in [-0.4, -0.2) is 47.5 Å². The zero-order chi connectivity index (χ0) is 20.2. The molecule has 2 heterocycles. The van der Waals surface area contributed by atoms with Crippen LogP contribution in [0.2, 0.25) is 0 Å². The predicted octanol–water partition coefficient (Wildman–Crippen LogP) is 2.20. The third kappa shape index (κ3) is 4.23. The van der Waals surface area contributed by atoms with Gasteiger partial charge in [0, 0.05) is 6.07 Å². The van der Waals surface area contributed by atoms with Crippen molar-refractivity contribution in [3.63, 3.8) is 0 Å². The van der Waals surface area contributed by atoms with E-state index in [1.807, 2.05) is 31.2 Å². The van der Waals surface area contributed by atoms with Gasteiger partial charge in [0.05, 0.1) is 25.0 Å². The number of methoxy groups -OCH3 is 1. The first-order valence-electron chi connectivity index (χ1n) is 9.02. The maximum atomic E-state index is 12.4. The number of aromatic nitrogens is 3. The van der Waals surface area contributed by atoms with Crippen molar-refractivity contribution >= 4 is 5.91 Å². The molecule has 150 valence electrons. The van der Waals surface area contributed by atoms with Crippen LogP contribution >= 0.6 is 0 Å². The van der Waals surface area contributed by atoms with E-state index in [1.165, 1.54) is 4.68 Å². The number of nitrogens with one attached hydrogen (secondary N) is 1. The summed E-state index contributed by atoms with van der Waals surface area (Å²) in [7, 11) is 1.60. The number of fused-ring (bicyclic) bond motifs is 1. The lowest BCUT2D eigenvalue weighted by molar-refractivity contribution is 0.0921. The second-order valence-electron chi connectivity index (χ2n) is 6.45. The summed E-state index contributed by atoms with van der Waals surface area (Å²) in [5, 5.41) is 10.8. The van der Waals surface area contributed by atoms with Gasteiger partial charge in [-0.1, -0.05) is 5.21 Å². The van der Waals surface area contributed by atoms with Crippen LogP contribution in [0.4, 0.5) is 0 Å². The van der Waals surface area contributed by atoms with Gasteiger partial charge in [0.1, 0.15) is 18.1 Å². The number of carbonyl (C=O) groups is 1. The van der Waals surface area contributed by atoms with Gasteiger partial charge in [-0.15, -0.1) is 5.10 Å². The van der Waals surface area contributed by atoms with Gasteiger partial charge in [-0.3, -0.25) is 4.79 Å². The number of ether oxygens (including phenoxy) is 4. The van der Waals surface area contributed by atoms with Gasteiger partial charge < -0.3 is 24.3 Å². The first kappa shape index (κ1) is 18.6. The van der Waals surface area contributed by atoms with E-state index in [1.54, 1.807) is 31.5 Å². The topological polar surface area (TPSA) is 96.7 Å². The summed E-state index contributed by atoms with van der Waals surface area (Å²) < 4.78 is 23.0. The monoisotopic (exact) mass is 396 g/mol. The number of benzene rings is 2. The molecule has 9 nitrogen and oxygen atoms in total. The Hall–Kier alpha value is -3.75. The normalized spacial score (nSPS) is 13.0. The van der Waals surface area contributed by atoms with E-state index in [4.69, 9.17) is 18.9 Å². The van der Waals surface area contributed by atoms with Crippen LogP contribution in [0.1, 0.15) is 17.4 Å². The van der Waals surface area contributed by atoms with Crippen molar-refractivity contribution < 1.29 is 23.7 Å². The Labute approximate surface area is 167 Å². The number of hydrogen-bond donors (Lipinski definition) is 1. The van der Waals surface area contributed by atoms with Crippen LogP contribution in [0.15, 0.2) is 48.7 Å². The third-order valence-corrected chi connectivity index (χ3v) is 4.28. The minimum absolute atomic E-state index is 0.211. The van der Waals surface area contributed by atoms with Crippen molar-refractivity contribution in [3.05, 3.63) is 54.4 Å². The molecule has 0 radical (unpaired) electrons. The van der Waals surface area contributed by atoms with Gasteiger partial charge in [-0.2, -0.15) is 0 Å². The maximum absolute atomic E-state index is 12.4. The molecule has 3 aromatic rings. The van der Waals surface area contributed by atoms with Crippen molar-refractivity contribution in [3.8, 4) is 28.7 Å². The molecule has 0 fully saturated rings. The van der Waals surface area contributed by atoms with Crippen LogP contribution in [0, 0.1) is 0 Å². The summed E-state index contributed by atoms with van der Waals surface area (Å²) in [6.07, 6.45) is 1.57. The van der Waals surface area contributed by atoms with E-state index in [-0.39, 0.29) is 31.0 Å². The van der Waals surface area contributed by atoms with E-state index in [0.29, 0.717) is 17.2 Å². The highest BCUT2D eigenvalue weighted by atomic mass is 16.7. The van der Waals surface area contributed by atoms with E-state index in [0.717, 1.165) is 11.4 Å². The number of amides is 1. The molecule has 1 aliphatic heterocycles. The lowest BCUT2D eigenvalue weighted by atomic mass is 10.3. The SMILES string of the molecule is COc1ccc(-n2cc(C(=O)N[C@H](C)COc3ccc4c(c3)OCO4)nn2)cc1. The number of nitrogens with zero attached hydrogens (tertiary/aromatic N) is 3. The van der Waals surface area contributed by atoms with Crippen molar-refractivity contribution in [1.29, 1.82) is 0 Å². The first-order chi connectivity index (χ1) is 14.1. The average Bonchev–Trinajstić information content (AvgIpc) is 3.41. The molecule has 0 bridgehead atoms. The van der Waals surface area contributed by atoms with Crippen LogP contribution in [0.3, 0.4) is 0 Å². The molecule has 0 spiro atoms. The summed E-state index contributed by atoms with van der Waals surface area (Å²) >= 11 is 0. The highest BCUT2D eigenvalue weighted by Crippen LogP contribution is 2.35. The molecule has 2 aromatic carbocycles. The predicted molar refractivity (Wildman–Crippen MR) is 103 cm³/mol. The van der Waals surface area contributed by atoms with Gasteiger partial charge >= 0.3 is 0 Å². The molecule has 0 saturated heterocycles. The Morgan fingerprint density at radius 3 is 2.72 bits per heavy atom. The lowest BCUT2D eigenvalue weighted by Gasteiger charge is -2.14. The zero-order valence-corrected chi connectivity index (χ0v) is 16.0. The lowest BCUT2D eigenvalue weighted by Crippen LogP contribution is -2.37. The fourth-order valence-electron chi connectivity index (χ4n) is 2.76. The van der Waals surface area contributed by atoms with E-state index < -0.39 is 0 Å². The molecule has 1 atom stereocenters. The van der Waals surface area contributed by atoms with Crippen LogP contribution in [-0.2, 0) is 0 Å². The quantitative estimate of drug-likeness (QED) is 0.654. The minimum Gasteiger partial charge on any atom is -0.497 e. The average molecular weight is 396 g/mol. The Morgan fingerprint density at radius 1 is 1.17 bits per heavy atom. The van der Waals surface area contributed by atoms with Gasteiger partial charge in [-0.25, -0.2) is 4.68 Å². The summed E-state index contributed by atoms with van der Waals surface area (Å²) in [5.74, 6) is 2.39. The molecule has 0 aliphatic carbocycles. The minimum atomic E-state index is -0.327. The number of hydrogen-bond acceptors (Lipinski definition) is 7. The summed E-state index contributed by atoms with van der Waals surface area (Å²) in [6, 6.07) is 12.4. The molecule has 1 amide bonds. The van der Waals surface area contributed by atoms with Crippen LogP contribution in [0.5, 0.6) is 23.0 Å². The third-order valence-electron chi connectivity index (χ3n) is 4.28. The molecular formula is C20H20N4O5. The number of carbonyl (C=O) groups excluding carboxylic acids is 1. The Bertz CT molecular complexity index is 1000. The van der Waals surface area contributed by atoms with Gasteiger partial charge in [0.25, 0.3) is 5.91 Å². The van der Waals surface area contributed by atoms with Crippen LogP contribution in [0.25, 0.3) is 5.69 Å². The fraction of sp³-hybridized carbons (Fsp3) is 0.250. The highest BCUT2D eigenvalue weighted by Gasteiger charge is 2.16. The summed E-state index contributed by atoms with van der Waals surface area (Å²) in [4.78, 5) is 12.4. The highest BCUT2D eigenvalue weighted by molar-refractivity contribution is 5.92. The van der Waals surface area contributed by atoms with Crippen LogP contribution < -0.4 is 24.3 Å². The van der Waals surface area contributed by atoms with E-state index in [2.05, 4.69) is 15.6 Å². The molecule has 1 aliphatic rings. The van der Waals surface area contributed by atoms with E-state index in [9.17, 15) is 4.79 Å². The molecule has 29 heavy (non-hydrogen) atoms. The largest absolute Gasteiger partial charge is 0.497 e. The molecule has 1 aromatic heterocycles. The molecule has 1 N–H and O–H groups in total. The van der Waals surface area contributed by atoms with Gasteiger partial charge in [0.2, 0.25) is 6.79 Å². The Kier molecular flexibility index (Phi) is 5.19. The van der Waals surface area contributed by atoms with Gasteiger partial charge in [-0.05, 0) is 43.3 Å². The summed E-state index contributed by atoms with van der Waals surface area (Å²) in [5.41, 5.74) is 0.993. The fourth-order valence-corrected chi connectivity index (χ4v) is 2.76. The summed E-state index contributed by atoms with van der Waals surface area (Å²) in [6.45, 7) is 2.35. The molecule has 0 unspecified atom stereocenters. The molecule has 9 heteroatoms.